The van der Waals surface area contributed by atoms with Gasteiger partial charge in [-0.3, -0.25) is 0 Å². The molecular formula is C12H35N. The highest BCUT2D eigenvalue weighted by Crippen LogP contribution is 2.12. The Morgan fingerprint density at radius 2 is 1.46 bits per heavy atom. The average Bonchev–Trinajstić information content (AvgIpc) is 2.12. The number of hydrogen-bond acceptors (Lipinski definition) is 1. The largest absolute Gasteiger partial charge is 0.314 e. The quantitative estimate of drug-likeness (QED) is 0.643. The molecule has 1 heterocycles. The lowest BCUT2D eigenvalue weighted by atomic mass is 10.0. The molecule has 88 valence electrons. The van der Waals surface area contributed by atoms with Crippen LogP contribution in [-0.4, -0.2) is 12.6 Å². The van der Waals surface area contributed by atoms with E-state index < -0.39 is 0 Å². The predicted octanol–water partition coefficient (Wildman–Crippen LogP) is 4.57. The lowest BCUT2D eigenvalue weighted by Crippen LogP contribution is -2.26. The van der Waals surface area contributed by atoms with E-state index in [0.717, 1.165) is 12.0 Å². The van der Waals surface area contributed by atoms with Crippen molar-refractivity contribution in [1.29, 1.82) is 0 Å². The van der Waals surface area contributed by atoms with Gasteiger partial charge in [-0.2, -0.15) is 0 Å². The van der Waals surface area contributed by atoms with Crippen LogP contribution in [0, 0.1) is 5.92 Å². The normalized spacial score (nSPS) is 18.2. The van der Waals surface area contributed by atoms with Gasteiger partial charge in [-0.05, 0) is 25.3 Å². The van der Waals surface area contributed by atoms with Crippen LogP contribution in [0.15, 0.2) is 0 Å². The van der Waals surface area contributed by atoms with Crippen molar-refractivity contribution >= 4 is 0 Å². The highest BCUT2D eigenvalue weighted by molar-refractivity contribution is 4.76. The molecule has 0 spiro atoms. The molecule has 1 aliphatic heterocycles. The molecule has 0 amide bonds. The minimum atomic E-state index is 0. The van der Waals surface area contributed by atoms with Gasteiger partial charge in [0.2, 0.25) is 0 Å². The Hall–Kier alpha value is -0.0400. The van der Waals surface area contributed by atoms with Crippen molar-refractivity contribution in [3.05, 3.63) is 0 Å². The van der Waals surface area contributed by atoms with E-state index in [0.29, 0.717) is 0 Å². The molecule has 1 atom stereocenters. The summed E-state index contributed by atoms with van der Waals surface area (Å²) in [5.74, 6) is 0.831. The monoisotopic (exact) mass is 193 g/mol. The fourth-order valence-electron chi connectivity index (χ4n) is 1.28. The van der Waals surface area contributed by atoms with E-state index in [2.05, 4.69) is 19.2 Å². The SMILES string of the molecule is C.C.C.C.C.CC(C)C1CCCN1. The zero-order valence-electron chi connectivity index (χ0n) is 5.78. The molecule has 0 saturated carbocycles. The van der Waals surface area contributed by atoms with E-state index in [1.807, 2.05) is 0 Å². The molecule has 1 saturated heterocycles. The Labute approximate surface area is 88.3 Å². The van der Waals surface area contributed by atoms with Gasteiger partial charge >= 0.3 is 0 Å². The highest BCUT2D eigenvalue weighted by Gasteiger charge is 2.16. The van der Waals surface area contributed by atoms with Gasteiger partial charge in [-0.15, -0.1) is 0 Å². The van der Waals surface area contributed by atoms with E-state index in [1.54, 1.807) is 0 Å². The third-order valence-electron chi connectivity index (χ3n) is 1.90. The summed E-state index contributed by atoms with van der Waals surface area (Å²) >= 11 is 0. The molecule has 0 aromatic rings. The maximum atomic E-state index is 3.46. The second-order valence-electron chi connectivity index (χ2n) is 2.95. The summed E-state index contributed by atoms with van der Waals surface area (Å²) in [6.07, 6.45) is 2.76. The van der Waals surface area contributed by atoms with Crippen molar-refractivity contribution in [2.45, 2.75) is 69.9 Å². The minimum absolute atomic E-state index is 0. The lowest BCUT2D eigenvalue weighted by Gasteiger charge is -2.12. The lowest BCUT2D eigenvalue weighted by molar-refractivity contribution is 0.452. The van der Waals surface area contributed by atoms with E-state index in [1.165, 1.54) is 19.4 Å². The van der Waals surface area contributed by atoms with Gasteiger partial charge < -0.3 is 5.32 Å². The van der Waals surface area contributed by atoms with Gasteiger partial charge in [0.1, 0.15) is 0 Å². The third kappa shape index (κ3) is 9.88. The van der Waals surface area contributed by atoms with Gasteiger partial charge in [0.25, 0.3) is 0 Å². The summed E-state index contributed by atoms with van der Waals surface area (Å²) in [4.78, 5) is 0. The molecule has 1 rings (SSSR count). The van der Waals surface area contributed by atoms with Crippen LogP contribution in [-0.2, 0) is 0 Å². The summed E-state index contributed by atoms with van der Waals surface area (Å²) in [5, 5.41) is 3.46. The van der Waals surface area contributed by atoms with Crippen molar-refractivity contribution in [3.63, 3.8) is 0 Å². The molecule has 0 radical (unpaired) electrons. The molecule has 1 aliphatic rings. The maximum Gasteiger partial charge on any atom is 0.00905 e. The minimum Gasteiger partial charge on any atom is -0.314 e. The molecular weight excluding hydrogens is 158 g/mol. The van der Waals surface area contributed by atoms with Gasteiger partial charge in [0, 0.05) is 6.04 Å². The van der Waals surface area contributed by atoms with Crippen LogP contribution in [0.4, 0.5) is 0 Å². The zero-order chi connectivity index (χ0) is 5.98. The summed E-state index contributed by atoms with van der Waals surface area (Å²) in [7, 11) is 0. The Bertz CT molecular complexity index is 63.5. The molecule has 0 bridgehead atoms. The molecule has 1 N–H and O–H groups in total. The fourth-order valence-corrected chi connectivity index (χ4v) is 1.28. The van der Waals surface area contributed by atoms with E-state index in [9.17, 15) is 0 Å². The first-order chi connectivity index (χ1) is 3.80. The summed E-state index contributed by atoms with van der Waals surface area (Å²) in [6, 6.07) is 0.815. The van der Waals surface area contributed by atoms with Crippen LogP contribution in [0.5, 0.6) is 0 Å². The second-order valence-corrected chi connectivity index (χ2v) is 2.95. The molecule has 0 aromatic carbocycles. The van der Waals surface area contributed by atoms with Crippen molar-refractivity contribution in [3.8, 4) is 0 Å². The van der Waals surface area contributed by atoms with Crippen LogP contribution in [0.25, 0.3) is 0 Å². The molecule has 1 heteroatoms. The molecule has 1 unspecified atom stereocenters. The summed E-state index contributed by atoms with van der Waals surface area (Å²) < 4.78 is 0. The van der Waals surface area contributed by atoms with Crippen LogP contribution in [0.1, 0.15) is 63.8 Å². The number of hydrogen-bond donors (Lipinski definition) is 1. The van der Waals surface area contributed by atoms with Crippen LogP contribution >= 0.6 is 0 Å². The Balaban J connectivity index is -0.0000000427. The summed E-state index contributed by atoms with van der Waals surface area (Å²) in [6.45, 7) is 5.80. The third-order valence-corrected chi connectivity index (χ3v) is 1.90. The predicted molar refractivity (Wildman–Crippen MR) is 69.5 cm³/mol. The Morgan fingerprint density at radius 3 is 1.62 bits per heavy atom. The highest BCUT2D eigenvalue weighted by atomic mass is 14.9. The van der Waals surface area contributed by atoms with Crippen molar-refractivity contribution in [2.75, 3.05) is 6.54 Å². The van der Waals surface area contributed by atoms with Gasteiger partial charge in [-0.25, -0.2) is 0 Å². The maximum absolute atomic E-state index is 3.46. The standard InChI is InChI=1S/C7H15N.5CH4/c1-6(2)7-4-3-5-8-7;;;;;/h6-8H,3-5H2,1-2H3;5*1H4. The molecule has 1 nitrogen and oxygen atoms in total. The van der Waals surface area contributed by atoms with E-state index in [-0.39, 0.29) is 37.1 Å². The van der Waals surface area contributed by atoms with E-state index in [4.69, 9.17) is 0 Å². The second kappa shape index (κ2) is 14.5. The fraction of sp³-hybridized carbons (Fsp3) is 1.00. The Morgan fingerprint density at radius 1 is 1.00 bits per heavy atom. The first-order valence-corrected chi connectivity index (χ1v) is 3.54. The average molecular weight is 193 g/mol. The summed E-state index contributed by atoms with van der Waals surface area (Å²) in [5.41, 5.74) is 0. The molecule has 0 aromatic heterocycles. The van der Waals surface area contributed by atoms with Crippen molar-refractivity contribution in [1.82, 2.24) is 5.32 Å². The Kier molecular flexibility index (Phi) is 32.6. The molecule has 1 fully saturated rings. The topological polar surface area (TPSA) is 12.0 Å². The molecule has 13 heavy (non-hydrogen) atoms. The van der Waals surface area contributed by atoms with Gasteiger partial charge in [0.05, 0.1) is 0 Å². The first kappa shape index (κ1) is 29.3. The first-order valence-electron chi connectivity index (χ1n) is 3.54. The number of rotatable bonds is 1. The zero-order valence-corrected chi connectivity index (χ0v) is 5.78. The van der Waals surface area contributed by atoms with Crippen LogP contribution in [0.2, 0.25) is 0 Å². The molecule has 0 aliphatic carbocycles. The van der Waals surface area contributed by atoms with Crippen LogP contribution < -0.4 is 5.32 Å². The van der Waals surface area contributed by atoms with Crippen LogP contribution in [0.3, 0.4) is 0 Å². The smallest absolute Gasteiger partial charge is 0.00905 e. The van der Waals surface area contributed by atoms with Gasteiger partial charge in [0.15, 0.2) is 0 Å². The number of nitrogens with one attached hydrogen (secondary N) is 1. The van der Waals surface area contributed by atoms with Crippen molar-refractivity contribution < 1.29 is 0 Å². The van der Waals surface area contributed by atoms with Gasteiger partial charge in [-0.1, -0.05) is 51.0 Å². The van der Waals surface area contributed by atoms with E-state index >= 15 is 0 Å². The van der Waals surface area contributed by atoms with Crippen molar-refractivity contribution in [2.24, 2.45) is 5.92 Å².